The summed E-state index contributed by atoms with van der Waals surface area (Å²) in [6, 6.07) is 7.50. The largest absolute Gasteiger partial charge is 0.382 e. The fraction of sp³-hybridized carbons (Fsp3) is 0.273. The van der Waals surface area contributed by atoms with Crippen molar-refractivity contribution in [1.82, 2.24) is 5.32 Å². The third-order valence-electron chi connectivity index (χ3n) is 1.92. The summed E-state index contributed by atoms with van der Waals surface area (Å²) in [4.78, 5) is 10.6. The van der Waals surface area contributed by atoms with Crippen molar-refractivity contribution in [2.24, 2.45) is 0 Å². The van der Waals surface area contributed by atoms with Gasteiger partial charge in [-0.25, -0.2) is 0 Å². The van der Waals surface area contributed by atoms with Crippen LogP contribution in [0.4, 0.5) is 5.69 Å². The zero-order valence-corrected chi connectivity index (χ0v) is 10.5. The van der Waals surface area contributed by atoms with E-state index in [1.54, 1.807) is 6.07 Å². The van der Waals surface area contributed by atoms with E-state index in [1.807, 2.05) is 12.1 Å². The Hall–Kier alpha value is -1.54. The van der Waals surface area contributed by atoms with Crippen LogP contribution in [0.25, 0.3) is 0 Å². The van der Waals surface area contributed by atoms with E-state index in [-0.39, 0.29) is 5.91 Å². The van der Waals surface area contributed by atoms with Crippen LogP contribution < -0.4 is 10.6 Å². The highest BCUT2D eigenvalue weighted by molar-refractivity contribution is 9.10. The molecular weight excluding hydrogens is 270 g/mol. The third-order valence-corrected chi connectivity index (χ3v) is 2.41. The number of anilines is 1. The molecule has 0 aliphatic rings. The summed E-state index contributed by atoms with van der Waals surface area (Å²) in [5, 5.41) is 14.6. The molecule has 1 rings (SSSR count). The molecule has 0 aliphatic heterocycles. The van der Waals surface area contributed by atoms with Crippen LogP contribution in [0.2, 0.25) is 0 Å². The molecule has 4 nitrogen and oxygen atoms in total. The zero-order chi connectivity index (χ0) is 12.0. The summed E-state index contributed by atoms with van der Waals surface area (Å²) in [5.41, 5.74) is 1.35. The van der Waals surface area contributed by atoms with Crippen molar-refractivity contribution in [3.05, 3.63) is 28.2 Å². The first-order valence-electron chi connectivity index (χ1n) is 4.81. The molecule has 16 heavy (non-hydrogen) atoms. The van der Waals surface area contributed by atoms with Gasteiger partial charge < -0.3 is 10.6 Å². The lowest BCUT2D eigenvalue weighted by atomic mass is 10.2. The van der Waals surface area contributed by atoms with E-state index in [2.05, 4.69) is 32.6 Å². The predicted octanol–water partition coefficient (Wildman–Crippen LogP) is 1.87. The normalized spacial score (nSPS) is 9.31. The Morgan fingerprint density at radius 1 is 1.50 bits per heavy atom. The molecule has 0 saturated heterocycles. The molecule has 0 fully saturated rings. The molecule has 1 aromatic carbocycles. The standard InChI is InChI=1S/C11H12BrN3O/c1-8(16)14-4-5-15-11-6-10(12)3-2-9(11)7-13/h2-3,6,15H,4-5H2,1H3,(H,14,16). The second-order valence-electron chi connectivity index (χ2n) is 3.21. The number of hydrogen-bond acceptors (Lipinski definition) is 3. The molecule has 0 saturated carbocycles. The number of nitriles is 1. The van der Waals surface area contributed by atoms with Crippen LogP contribution in [-0.2, 0) is 4.79 Å². The van der Waals surface area contributed by atoms with Crippen molar-refractivity contribution >= 4 is 27.5 Å². The zero-order valence-electron chi connectivity index (χ0n) is 8.88. The number of amides is 1. The Kier molecular flexibility index (Phi) is 4.80. The Bertz CT molecular complexity index is 426. The monoisotopic (exact) mass is 281 g/mol. The van der Waals surface area contributed by atoms with Gasteiger partial charge in [-0.05, 0) is 18.2 Å². The number of benzene rings is 1. The van der Waals surface area contributed by atoms with Crippen LogP contribution >= 0.6 is 15.9 Å². The number of carbonyl (C=O) groups is 1. The highest BCUT2D eigenvalue weighted by Gasteiger charge is 2.01. The highest BCUT2D eigenvalue weighted by Crippen LogP contribution is 2.20. The van der Waals surface area contributed by atoms with Gasteiger partial charge >= 0.3 is 0 Å². The van der Waals surface area contributed by atoms with Gasteiger partial charge in [-0.15, -0.1) is 0 Å². The van der Waals surface area contributed by atoms with E-state index in [0.29, 0.717) is 18.7 Å². The van der Waals surface area contributed by atoms with Crippen LogP contribution in [-0.4, -0.2) is 19.0 Å². The minimum absolute atomic E-state index is 0.0588. The van der Waals surface area contributed by atoms with Crippen molar-refractivity contribution < 1.29 is 4.79 Å². The molecule has 2 N–H and O–H groups in total. The summed E-state index contributed by atoms with van der Waals surface area (Å²) < 4.78 is 0.911. The molecule has 84 valence electrons. The van der Waals surface area contributed by atoms with Gasteiger partial charge in [0, 0.05) is 24.5 Å². The van der Waals surface area contributed by atoms with E-state index in [0.717, 1.165) is 10.2 Å². The van der Waals surface area contributed by atoms with Gasteiger partial charge in [-0.1, -0.05) is 15.9 Å². The molecule has 1 amide bonds. The molecule has 1 aromatic rings. The number of carbonyl (C=O) groups excluding carboxylic acids is 1. The van der Waals surface area contributed by atoms with Crippen LogP contribution in [0.5, 0.6) is 0 Å². The number of halogens is 1. The Balaban J connectivity index is 2.56. The minimum atomic E-state index is -0.0588. The highest BCUT2D eigenvalue weighted by atomic mass is 79.9. The van der Waals surface area contributed by atoms with Gasteiger partial charge in [0.25, 0.3) is 0 Å². The Morgan fingerprint density at radius 2 is 2.25 bits per heavy atom. The van der Waals surface area contributed by atoms with Gasteiger partial charge in [0.05, 0.1) is 11.3 Å². The summed E-state index contributed by atoms with van der Waals surface area (Å²) in [6.07, 6.45) is 0. The molecule has 0 aliphatic carbocycles. The summed E-state index contributed by atoms with van der Waals surface area (Å²) in [6.45, 7) is 2.59. The van der Waals surface area contributed by atoms with E-state index in [1.165, 1.54) is 6.92 Å². The maximum absolute atomic E-state index is 10.6. The van der Waals surface area contributed by atoms with Gasteiger partial charge in [0.2, 0.25) is 5.91 Å². The molecular formula is C11H12BrN3O. The summed E-state index contributed by atoms with van der Waals surface area (Å²) in [7, 11) is 0. The Labute approximate surface area is 103 Å². The fourth-order valence-electron chi connectivity index (χ4n) is 1.20. The van der Waals surface area contributed by atoms with Crippen molar-refractivity contribution in [3.8, 4) is 6.07 Å². The van der Waals surface area contributed by atoms with Crippen molar-refractivity contribution in [2.75, 3.05) is 18.4 Å². The SMILES string of the molecule is CC(=O)NCCNc1cc(Br)ccc1C#N. The molecule has 0 heterocycles. The van der Waals surface area contributed by atoms with Gasteiger partial charge in [0.15, 0.2) is 0 Å². The lowest BCUT2D eigenvalue weighted by Crippen LogP contribution is -2.26. The molecule has 0 radical (unpaired) electrons. The molecule has 0 unspecified atom stereocenters. The van der Waals surface area contributed by atoms with Crippen LogP contribution in [0.15, 0.2) is 22.7 Å². The molecule has 0 bridgehead atoms. The minimum Gasteiger partial charge on any atom is -0.382 e. The maximum Gasteiger partial charge on any atom is 0.216 e. The molecule has 0 aromatic heterocycles. The van der Waals surface area contributed by atoms with Crippen molar-refractivity contribution in [2.45, 2.75) is 6.92 Å². The second kappa shape index (κ2) is 6.13. The van der Waals surface area contributed by atoms with Crippen LogP contribution in [0.1, 0.15) is 12.5 Å². The number of nitrogens with zero attached hydrogens (tertiary/aromatic N) is 1. The topological polar surface area (TPSA) is 64.9 Å². The number of hydrogen-bond donors (Lipinski definition) is 2. The van der Waals surface area contributed by atoms with E-state index in [9.17, 15) is 4.79 Å². The van der Waals surface area contributed by atoms with Gasteiger partial charge in [-0.3, -0.25) is 4.79 Å². The lowest BCUT2D eigenvalue weighted by Gasteiger charge is -2.08. The maximum atomic E-state index is 10.6. The number of nitrogens with one attached hydrogen (secondary N) is 2. The third kappa shape index (κ3) is 3.91. The number of rotatable bonds is 4. The molecule has 0 spiro atoms. The summed E-state index contributed by atoms with van der Waals surface area (Å²) in [5.74, 6) is -0.0588. The second-order valence-corrected chi connectivity index (χ2v) is 4.13. The molecule has 5 heteroatoms. The Morgan fingerprint density at radius 3 is 2.88 bits per heavy atom. The molecule has 0 atom stereocenters. The predicted molar refractivity (Wildman–Crippen MR) is 66.0 cm³/mol. The fourth-order valence-corrected chi connectivity index (χ4v) is 1.56. The first kappa shape index (κ1) is 12.5. The van der Waals surface area contributed by atoms with Crippen molar-refractivity contribution in [1.29, 1.82) is 5.26 Å². The average molecular weight is 282 g/mol. The van der Waals surface area contributed by atoms with Crippen LogP contribution in [0.3, 0.4) is 0 Å². The van der Waals surface area contributed by atoms with Gasteiger partial charge in [-0.2, -0.15) is 5.26 Å². The summed E-state index contributed by atoms with van der Waals surface area (Å²) >= 11 is 3.34. The first-order valence-corrected chi connectivity index (χ1v) is 5.60. The van der Waals surface area contributed by atoms with E-state index >= 15 is 0 Å². The quantitative estimate of drug-likeness (QED) is 0.828. The smallest absolute Gasteiger partial charge is 0.216 e. The van der Waals surface area contributed by atoms with Crippen molar-refractivity contribution in [3.63, 3.8) is 0 Å². The van der Waals surface area contributed by atoms with Gasteiger partial charge in [0.1, 0.15) is 6.07 Å². The van der Waals surface area contributed by atoms with E-state index in [4.69, 9.17) is 5.26 Å². The first-order chi connectivity index (χ1) is 7.63. The van der Waals surface area contributed by atoms with Crippen LogP contribution in [0, 0.1) is 11.3 Å². The average Bonchev–Trinajstić information content (AvgIpc) is 2.24. The lowest BCUT2D eigenvalue weighted by molar-refractivity contribution is -0.118. The van der Waals surface area contributed by atoms with E-state index < -0.39 is 0 Å².